The average molecular weight is 541 g/mol. The SMILES string of the molecule is CCCCc1nc(C(C)C)c(Cc2nnc(C)o2)c(=O)n1Cc1ccc(-c2ccccc2-c2noc(=O)[nH]2)cc1. The van der Waals surface area contributed by atoms with Gasteiger partial charge in [-0.3, -0.25) is 18.9 Å². The van der Waals surface area contributed by atoms with Crippen molar-refractivity contribution in [1.82, 2.24) is 29.9 Å². The minimum absolute atomic E-state index is 0.0701. The zero-order chi connectivity index (χ0) is 28.2. The number of nitrogens with one attached hydrogen (secondary N) is 1. The van der Waals surface area contributed by atoms with Gasteiger partial charge in [0.2, 0.25) is 11.8 Å². The highest BCUT2D eigenvalue weighted by molar-refractivity contribution is 5.80. The number of hydrogen-bond donors (Lipinski definition) is 1. The summed E-state index contributed by atoms with van der Waals surface area (Å²) in [5.74, 6) is 1.49. The fourth-order valence-corrected chi connectivity index (χ4v) is 4.81. The van der Waals surface area contributed by atoms with Gasteiger partial charge >= 0.3 is 5.76 Å². The Morgan fingerprint density at radius 2 is 1.75 bits per heavy atom. The standard InChI is InChI=1S/C30H32N6O4/c1-5-6-11-25-31-27(18(2)3)24(16-26-34-33-19(4)39-26)29(37)36(25)17-20-12-14-21(15-13-20)22-9-7-8-10-23(22)28-32-30(38)40-35-28/h7-10,12-15,18H,5-6,11,16-17H2,1-4H3,(H,32,35,38). The van der Waals surface area contributed by atoms with Crippen LogP contribution in [0.2, 0.25) is 0 Å². The molecule has 5 aromatic rings. The number of aromatic amines is 1. The number of aromatic nitrogens is 6. The molecule has 0 saturated heterocycles. The van der Waals surface area contributed by atoms with E-state index in [4.69, 9.17) is 13.9 Å². The topological polar surface area (TPSA) is 133 Å². The molecular formula is C30H32N6O4. The van der Waals surface area contributed by atoms with Crippen LogP contribution in [-0.2, 0) is 19.4 Å². The van der Waals surface area contributed by atoms with Gasteiger partial charge in [0.05, 0.1) is 18.7 Å². The molecule has 0 aliphatic heterocycles. The number of hydrogen-bond acceptors (Lipinski definition) is 8. The van der Waals surface area contributed by atoms with Gasteiger partial charge in [-0.15, -0.1) is 10.2 Å². The van der Waals surface area contributed by atoms with Crippen molar-refractivity contribution in [2.45, 2.75) is 65.8 Å². The quantitative estimate of drug-likeness (QED) is 0.260. The van der Waals surface area contributed by atoms with E-state index in [1.54, 1.807) is 11.5 Å². The minimum atomic E-state index is -0.602. The molecule has 0 fully saturated rings. The Labute approximate surface area is 231 Å². The largest absolute Gasteiger partial charge is 0.439 e. The number of aryl methyl sites for hydroxylation is 2. The summed E-state index contributed by atoms with van der Waals surface area (Å²) >= 11 is 0. The van der Waals surface area contributed by atoms with Crippen LogP contribution in [0.1, 0.15) is 74.0 Å². The van der Waals surface area contributed by atoms with Crippen molar-refractivity contribution in [1.29, 1.82) is 0 Å². The number of benzene rings is 2. The Bertz CT molecular complexity index is 1730. The summed E-state index contributed by atoms with van der Waals surface area (Å²) in [6.07, 6.45) is 2.90. The third-order valence-electron chi connectivity index (χ3n) is 6.80. The van der Waals surface area contributed by atoms with Crippen molar-refractivity contribution in [3.05, 3.63) is 104 Å². The fourth-order valence-electron chi connectivity index (χ4n) is 4.81. The lowest BCUT2D eigenvalue weighted by atomic mass is 9.98. The molecule has 5 rings (SSSR count). The Balaban J connectivity index is 1.51. The molecule has 10 nitrogen and oxygen atoms in total. The summed E-state index contributed by atoms with van der Waals surface area (Å²) in [7, 11) is 0. The van der Waals surface area contributed by atoms with E-state index in [1.165, 1.54) is 0 Å². The van der Waals surface area contributed by atoms with E-state index < -0.39 is 5.76 Å². The molecule has 0 saturated carbocycles. The summed E-state index contributed by atoms with van der Waals surface area (Å²) in [4.78, 5) is 33.1. The van der Waals surface area contributed by atoms with Gasteiger partial charge in [0.1, 0.15) is 5.82 Å². The van der Waals surface area contributed by atoms with Crippen LogP contribution in [0.3, 0.4) is 0 Å². The molecule has 0 aliphatic rings. The van der Waals surface area contributed by atoms with Crippen molar-refractivity contribution in [3.63, 3.8) is 0 Å². The van der Waals surface area contributed by atoms with Crippen molar-refractivity contribution in [2.75, 3.05) is 0 Å². The summed E-state index contributed by atoms with van der Waals surface area (Å²) in [6, 6.07) is 15.7. The first-order chi connectivity index (χ1) is 19.3. The third-order valence-corrected chi connectivity index (χ3v) is 6.80. The molecule has 0 unspecified atom stereocenters. The molecule has 0 atom stereocenters. The van der Waals surface area contributed by atoms with Crippen LogP contribution in [0.25, 0.3) is 22.5 Å². The average Bonchev–Trinajstić information content (AvgIpc) is 3.58. The highest BCUT2D eigenvalue weighted by Gasteiger charge is 2.21. The number of nitrogens with zero attached hydrogens (tertiary/aromatic N) is 5. The Morgan fingerprint density at radius 1 is 1.00 bits per heavy atom. The molecular weight excluding hydrogens is 508 g/mol. The van der Waals surface area contributed by atoms with Gasteiger partial charge in [-0.2, -0.15) is 0 Å². The molecule has 0 aliphatic carbocycles. The zero-order valence-corrected chi connectivity index (χ0v) is 23.1. The predicted molar refractivity (Wildman–Crippen MR) is 150 cm³/mol. The van der Waals surface area contributed by atoms with Crippen LogP contribution in [0.5, 0.6) is 0 Å². The smallest absolute Gasteiger partial charge is 0.425 e. The molecule has 0 spiro atoms. The zero-order valence-electron chi connectivity index (χ0n) is 23.1. The van der Waals surface area contributed by atoms with Crippen LogP contribution >= 0.6 is 0 Å². The van der Waals surface area contributed by atoms with Crippen LogP contribution in [0, 0.1) is 6.92 Å². The van der Waals surface area contributed by atoms with Crippen molar-refractivity contribution in [2.24, 2.45) is 0 Å². The van der Waals surface area contributed by atoms with E-state index >= 15 is 0 Å². The van der Waals surface area contributed by atoms with Crippen molar-refractivity contribution >= 4 is 0 Å². The lowest BCUT2D eigenvalue weighted by Gasteiger charge is -2.19. The maximum Gasteiger partial charge on any atom is 0.439 e. The fraction of sp³-hybridized carbons (Fsp3) is 0.333. The third kappa shape index (κ3) is 5.70. The molecule has 0 bridgehead atoms. The van der Waals surface area contributed by atoms with Gasteiger partial charge in [-0.1, -0.05) is 80.9 Å². The number of H-pyrrole nitrogens is 1. The van der Waals surface area contributed by atoms with Crippen LogP contribution in [-0.4, -0.2) is 29.9 Å². The maximum absolute atomic E-state index is 14.0. The second-order valence-electron chi connectivity index (χ2n) is 10.1. The summed E-state index contributed by atoms with van der Waals surface area (Å²) in [5, 5.41) is 11.9. The van der Waals surface area contributed by atoms with Crippen LogP contribution in [0.4, 0.5) is 0 Å². The molecule has 3 aromatic heterocycles. The van der Waals surface area contributed by atoms with Crippen LogP contribution in [0.15, 0.2) is 67.1 Å². The molecule has 2 aromatic carbocycles. The minimum Gasteiger partial charge on any atom is -0.425 e. The number of unbranched alkanes of at least 4 members (excludes halogenated alkanes) is 1. The van der Waals surface area contributed by atoms with E-state index in [0.29, 0.717) is 36.1 Å². The Hall–Kier alpha value is -4.60. The summed E-state index contributed by atoms with van der Waals surface area (Å²) in [5.41, 5.74) is 4.86. The van der Waals surface area contributed by atoms with E-state index in [9.17, 15) is 9.59 Å². The van der Waals surface area contributed by atoms with Gasteiger partial charge in [-0.05, 0) is 29.0 Å². The predicted octanol–water partition coefficient (Wildman–Crippen LogP) is 5.05. The maximum atomic E-state index is 14.0. The second kappa shape index (κ2) is 11.6. The molecule has 1 N–H and O–H groups in total. The first-order valence-corrected chi connectivity index (χ1v) is 13.5. The Kier molecular flexibility index (Phi) is 7.86. The number of rotatable bonds is 10. The van der Waals surface area contributed by atoms with E-state index in [0.717, 1.165) is 46.6 Å². The molecule has 0 amide bonds. The highest BCUT2D eigenvalue weighted by atomic mass is 16.5. The van der Waals surface area contributed by atoms with Crippen molar-refractivity contribution in [3.8, 4) is 22.5 Å². The van der Waals surface area contributed by atoms with Gasteiger partial charge < -0.3 is 4.42 Å². The first kappa shape index (κ1) is 27.0. The molecule has 0 radical (unpaired) electrons. The lowest BCUT2D eigenvalue weighted by molar-refractivity contribution is 0.388. The normalized spacial score (nSPS) is 11.4. The first-order valence-electron chi connectivity index (χ1n) is 13.5. The monoisotopic (exact) mass is 540 g/mol. The van der Waals surface area contributed by atoms with Gasteiger partial charge in [0, 0.05) is 24.5 Å². The van der Waals surface area contributed by atoms with Gasteiger partial charge in [-0.25, -0.2) is 9.78 Å². The summed E-state index contributed by atoms with van der Waals surface area (Å²) in [6.45, 7) is 8.34. The highest BCUT2D eigenvalue weighted by Crippen LogP contribution is 2.30. The van der Waals surface area contributed by atoms with Crippen molar-refractivity contribution < 1.29 is 8.94 Å². The molecule has 10 heteroatoms. The van der Waals surface area contributed by atoms with E-state index in [1.807, 2.05) is 62.4 Å². The molecule has 206 valence electrons. The Morgan fingerprint density at radius 3 is 2.38 bits per heavy atom. The van der Waals surface area contributed by atoms with E-state index in [-0.39, 0.29) is 17.9 Å². The molecule has 40 heavy (non-hydrogen) atoms. The van der Waals surface area contributed by atoms with Gasteiger partial charge in [0.15, 0.2) is 5.82 Å². The van der Waals surface area contributed by atoms with Gasteiger partial charge in [0.25, 0.3) is 5.56 Å². The second-order valence-corrected chi connectivity index (χ2v) is 10.1. The van der Waals surface area contributed by atoms with E-state index in [2.05, 4.69) is 27.3 Å². The molecule has 3 heterocycles. The summed E-state index contributed by atoms with van der Waals surface area (Å²) < 4.78 is 12.1. The van der Waals surface area contributed by atoms with Crippen LogP contribution < -0.4 is 11.3 Å². The lowest BCUT2D eigenvalue weighted by Crippen LogP contribution is -2.31.